The first kappa shape index (κ1) is 22.7. The maximum atomic E-state index is 12.5. The number of rotatable bonds is 7. The molecule has 26 heavy (non-hydrogen) atoms. The van der Waals surface area contributed by atoms with Gasteiger partial charge in [-0.25, -0.2) is 0 Å². The Morgan fingerprint density at radius 1 is 1.23 bits per heavy atom. The number of piperidine rings is 2. The largest absolute Gasteiger partial charge is 0.481 e. The molecule has 150 valence electrons. The summed E-state index contributed by atoms with van der Waals surface area (Å²) in [5.74, 6) is -0.888. The third-order valence-corrected chi connectivity index (χ3v) is 5.09. The molecule has 5 N–H and O–H groups in total. The van der Waals surface area contributed by atoms with Crippen molar-refractivity contribution in [3.05, 3.63) is 0 Å². The Labute approximate surface area is 160 Å². The van der Waals surface area contributed by atoms with Crippen LogP contribution >= 0.6 is 12.4 Å². The molecule has 0 saturated carbocycles. The number of halogens is 1. The summed E-state index contributed by atoms with van der Waals surface area (Å²) in [5.41, 5.74) is 5.61. The SMILES string of the molecule is Cl.N[C@H](CC(=O)O)NC(=O)[C@@H]1CCCN(C(=O)CCC2CCNCC2)C1. The van der Waals surface area contributed by atoms with Gasteiger partial charge in [0.2, 0.25) is 11.8 Å². The van der Waals surface area contributed by atoms with Crippen LogP contribution in [0.5, 0.6) is 0 Å². The van der Waals surface area contributed by atoms with Gasteiger partial charge < -0.3 is 26.4 Å². The predicted molar refractivity (Wildman–Crippen MR) is 99.8 cm³/mol. The molecule has 2 heterocycles. The van der Waals surface area contributed by atoms with E-state index < -0.39 is 12.1 Å². The Morgan fingerprint density at radius 2 is 1.92 bits per heavy atom. The minimum Gasteiger partial charge on any atom is -0.481 e. The smallest absolute Gasteiger partial charge is 0.306 e. The van der Waals surface area contributed by atoms with E-state index in [0.29, 0.717) is 31.8 Å². The Morgan fingerprint density at radius 3 is 2.58 bits per heavy atom. The molecule has 2 fully saturated rings. The number of carbonyl (C=O) groups is 3. The number of carboxylic acid groups (broad SMARTS) is 1. The van der Waals surface area contributed by atoms with E-state index in [4.69, 9.17) is 10.8 Å². The Bertz CT molecular complexity index is 485. The van der Waals surface area contributed by atoms with Crippen LogP contribution in [0.15, 0.2) is 0 Å². The van der Waals surface area contributed by atoms with Crippen LogP contribution in [0, 0.1) is 11.8 Å². The monoisotopic (exact) mass is 390 g/mol. The molecule has 2 aliphatic heterocycles. The average Bonchev–Trinajstić information content (AvgIpc) is 2.60. The quantitative estimate of drug-likeness (QED) is 0.463. The fraction of sp³-hybridized carbons (Fsp3) is 0.824. The van der Waals surface area contributed by atoms with Crippen molar-refractivity contribution in [3.8, 4) is 0 Å². The average molecular weight is 391 g/mol. The fourth-order valence-electron chi connectivity index (χ4n) is 3.61. The van der Waals surface area contributed by atoms with Crippen molar-refractivity contribution in [1.29, 1.82) is 0 Å². The van der Waals surface area contributed by atoms with E-state index in [9.17, 15) is 14.4 Å². The molecule has 2 rings (SSSR count). The third kappa shape index (κ3) is 7.47. The van der Waals surface area contributed by atoms with Crippen molar-refractivity contribution >= 4 is 30.2 Å². The Hall–Kier alpha value is -1.38. The van der Waals surface area contributed by atoms with Gasteiger partial charge in [-0.15, -0.1) is 12.4 Å². The van der Waals surface area contributed by atoms with Crippen LogP contribution in [-0.2, 0) is 14.4 Å². The molecule has 0 aliphatic carbocycles. The molecule has 0 spiro atoms. The van der Waals surface area contributed by atoms with E-state index in [1.165, 1.54) is 0 Å². The fourth-order valence-corrected chi connectivity index (χ4v) is 3.61. The molecule has 0 aromatic heterocycles. The van der Waals surface area contributed by atoms with Crippen molar-refractivity contribution in [1.82, 2.24) is 15.5 Å². The summed E-state index contributed by atoms with van der Waals surface area (Å²) in [6, 6.07) is 0. The third-order valence-electron chi connectivity index (χ3n) is 5.09. The molecule has 0 unspecified atom stereocenters. The normalized spacial score (nSPS) is 22.2. The standard InChI is InChI=1S/C17H30N4O4.ClH/c18-14(10-16(23)24)20-17(25)13-2-1-9-21(11-13)15(22)4-3-12-5-7-19-8-6-12;/h12-14,19H,1-11,18H2,(H,20,25)(H,23,24);1H/t13-,14+;/m1./s1. The lowest BCUT2D eigenvalue weighted by atomic mass is 9.92. The first-order chi connectivity index (χ1) is 12.0. The van der Waals surface area contributed by atoms with Crippen LogP contribution in [0.25, 0.3) is 0 Å². The lowest BCUT2D eigenvalue weighted by molar-refractivity contribution is -0.137. The van der Waals surface area contributed by atoms with Gasteiger partial charge in [0.1, 0.15) is 0 Å². The van der Waals surface area contributed by atoms with Gasteiger partial charge >= 0.3 is 5.97 Å². The van der Waals surface area contributed by atoms with Gasteiger partial charge in [-0.05, 0) is 51.1 Å². The summed E-state index contributed by atoms with van der Waals surface area (Å²) in [4.78, 5) is 37.1. The molecule has 2 saturated heterocycles. The van der Waals surface area contributed by atoms with Crippen LogP contribution in [0.1, 0.15) is 44.9 Å². The molecule has 8 nitrogen and oxygen atoms in total. The number of likely N-dealkylation sites (tertiary alicyclic amines) is 1. The molecule has 2 aliphatic rings. The van der Waals surface area contributed by atoms with E-state index >= 15 is 0 Å². The predicted octanol–water partition coefficient (Wildman–Crippen LogP) is 0.302. The zero-order chi connectivity index (χ0) is 18.2. The number of nitrogens with one attached hydrogen (secondary N) is 2. The molecule has 9 heteroatoms. The van der Waals surface area contributed by atoms with Crippen LogP contribution < -0.4 is 16.4 Å². The number of hydrogen-bond acceptors (Lipinski definition) is 5. The maximum absolute atomic E-state index is 12.5. The van der Waals surface area contributed by atoms with Gasteiger partial charge in [-0.1, -0.05) is 0 Å². The molecule has 2 amide bonds. The number of nitrogens with two attached hydrogens (primary N) is 1. The van der Waals surface area contributed by atoms with Gasteiger partial charge in [-0.3, -0.25) is 14.4 Å². The van der Waals surface area contributed by atoms with Gasteiger partial charge in [0.25, 0.3) is 0 Å². The topological polar surface area (TPSA) is 125 Å². The van der Waals surface area contributed by atoms with Gasteiger partial charge in [0.05, 0.1) is 18.5 Å². The Kier molecular flexibility index (Phi) is 9.90. The second-order valence-electron chi connectivity index (χ2n) is 7.12. The minimum absolute atomic E-state index is 0. The highest BCUT2D eigenvalue weighted by Crippen LogP contribution is 2.21. The molecule has 0 radical (unpaired) electrons. The van der Waals surface area contributed by atoms with Crippen molar-refractivity contribution < 1.29 is 19.5 Å². The van der Waals surface area contributed by atoms with Gasteiger partial charge in [0.15, 0.2) is 0 Å². The molecule has 0 aromatic rings. The summed E-state index contributed by atoms with van der Waals surface area (Å²) in [5, 5.41) is 14.6. The highest BCUT2D eigenvalue weighted by molar-refractivity contribution is 5.85. The molecule has 0 aromatic carbocycles. The summed E-state index contributed by atoms with van der Waals surface area (Å²) >= 11 is 0. The zero-order valence-corrected chi connectivity index (χ0v) is 15.9. The van der Waals surface area contributed by atoms with E-state index in [0.717, 1.165) is 38.8 Å². The van der Waals surface area contributed by atoms with Crippen molar-refractivity contribution in [2.24, 2.45) is 17.6 Å². The van der Waals surface area contributed by atoms with E-state index in [1.54, 1.807) is 4.90 Å². The minimum atomic E-state index is -1.05. The summed E-state index contributed by atoms with van der Waals surface area (Å²) < 4.78 is 0. The number of hydrogen-bond donors (Lipinski definition) is 4. The van der Waals surface area contributed by atoms with E-state index in [2.05, 4.69) is 10.6 Å². The summed E-state index contributed by atoms with van der Waals surface area (Å²) in [6.07, 6.45) is 3.98. The molecule has 2 atom stereocenters. The van der Waals surface area contributed by atoms with Gasteiger partial charge in [-0.2, -0.15) is 0 Å². The highest BCUT2D eigenvalue weighted by atomic mass is 35.5. The zero-order valence-electron chi connectivity index (χ0n) is 15.1. The maximum Gasteiger partial charge on any atom is 0.306 e. The number of aliphatic carboxylic acids is 1. The molecular weight excluding hydrogens is 360 g/mol. The molecular formula is C17H31ClN4O4. The summed E-state index contributed by atoms with van der Waals surface area (Å²) in [7, 11) is 0. The number of carboxylic acids is 1. The lowest BCUT2D eigenvalue weighted by Crippen LogP contribution is -2.50. The van der Waals surface area contributed by atoms with Crippen LogP contribution in [-0.4, -0.2) is 60.1 Å². The second kappa shape index (κ2) is 11.4. The Balaban J connectivity index is 0.00000338. The van der Waals surface area contributed by atoms with Crippen LogP contribution in [0.4, 0.5) is 0 Å². The van der Waals surface area contributed by atoms with Crippen molar-refractivity contribution in [2.75, 3.05) is 26.2 Å². The van der Waals surface area contributed by atoms with Crippen LogP contribution in [0.2, 0.25) is 0 Å². The van der Waals surface area contributed by atoms with E-state index in [-0.39, 0.29) is 36.6 Å². The number of amides is 2. The van der Waals surface area contributed by atoms with Crippen molar-refractivity contribution in [3.63, 3.8) is 0 Å². The second-order valence-corrected chi connectivity index (χ2v) is 7.12. The lowest BCUT2D eigenvalue weighted by Gasteiger charge is -2.33. The van der Waals surface area contributed by atoms with E-state index in [1.807, 2.05) is 0 Å². The summed E-state index contributed by atoms with van der Waals surface area (Å²) in [6.45, 7) is 3.15. The van der Waals surface area contributed by atoms with Crippen LogP contribution in [0.3, 0.4) is 0 Å². The van der Waals surface area contributed by atoms with Gasteiger partial charge in [0, 0.05) is 19.5 Å². The number of carbonyl (C=O) groups excluding carboxylic acids is 2. The first-order valence-corrected chi connectivity index (χ1v) is 9.22. The molecule has 0 bridgehead atoms. The van der Waals surface area contributed by atoms with Crippen molar-refractivity contribution in [2.45, 2.75) is 51.1 Å². The number of nitrogens with zero attached hydrogens (tertiary/aromatic N) is 1. The highest BCUT2D eigenvalue weighted by Gasteiger charge is 2.29. The first-order valence-electron chi connectivity index (χ1n) is 9.22.